The van der Waals surface area contributed by atoms with Gasteiger partial charge in [0.1, 0.15) is 36.9 Å². The molecule has 33 heavy (non-hydrogen) atoms. The number of ether oxygens (including phenoxy) is 2. The van der Waals surface area contributed by atoms with E-state index in [0.717, 1.165) is 39.7 Å². The van der Waals surface area contributed by atoms with E-state index < -0.39 is 12.2 Å². The normalized spacial score (nSPS) is 16.9. The number of alkyl halides is 1. The van der Waals surface area contributed by atoms with Crippen LogP contribution in [0.2, 0.25) is 0 Å². The van der Waals surface area contributed by atoms with Gasteiger partial charge in [0.25, 0.3) is 0 Å². The van der Waals surface area contributed by atoms with E-state index in [0.29, 0.717) is 13.2 Å². The summed E-state index contributed by atoms with van der Waals surface area (Å²) in [6.45, 7) is 7.58. The highest BCUT2D eigenvalue weighted by Crippen LogP contribution is 2.35. The van der Waals surface area contributed by atoms with Crippen LogP contribution in [0.15, 0.2) is 42.5 Å². The minimum atomic E-state index is -0.677. The van der Waals surface area contributed by atoms with E-state index in [1.807, 2.05) is 30.0 Å². The third-order valence-corrected chi connectivity index (χ3v) is 8.00. The lowest BCUT2D eigenvalue weighted by atomic mass is 9.78. The highest BCUT2D eigenvalue weighted by Gasteiger charge is 2.24. The number of rotatable bonds is 11. The van der Waals surface area contributed by atoms with Gasteiger partial charge >= 0.3 is 0 Å². The minimum absolute atomic E-state index is 0.151. The molecule has 1 aliphatic rings. The Bertz CT molecular complexity index is 877. The van der Waals surface area contributed by atoms with Crippen LogP contribution >= 0.6 is 46.0 Å². The summed E-state index contributed by atoms with van der Waals surface area (Å²) in [4.78, 5) is 2.30. The molecule has 1 fully saturated rings. The zero-order chi connectivity index (χ0) is 23.8. The van der Waals surface area contributed by atoms with Gasteiger partial charge < -0.3 is 19.7 Å². The molecule has 0 saturated carbocycles. The molecule has 8 heteroatoms. The maximum atomic E-state index is 10.3. The molecule has 0 aromatic heterocycles. The van der Waals surface area contributed by atoms with Crippen molar-refractivity contribution in [2.45, 2.75) is 31.5 Å². The molecule has 0 bridgehead atoms. The van der Waals surface area contributed by atoms with Crippen LogP contribution in [-0.4, -0.2) is 77.6 Å². The number of hydrogen-bond acceptors (Lipinski definition) is 6. The molecule has 1 heterocycles. The van der Waals surface area contributed by atoms with Crippen LogP contribution in [0.5, 0.6) is 11.5 Å². The summed E-state index contributed by atoms with van der Waals surface area (Å²) in [5.74, 6) is 3.93. The van der Waals surface area contributed by atoms with E-state index in [9.17, 15) is 10.2 Å². The Morgan fingerprint density at radius 2 is 1.64 bits per heavy atom. The van der Waals surface area contributed by atoms with Gasteiger partial charge in [-0.3, -0.25) is 4.90 Å². The molecular weight excluding hydrogens is 569 g/mol. The first kappa shape index (κ1) is 26.9. The Hall–Kier alpha value is -0.710. The van der Waals surface area contributed by atoms with Crippen LogP contribution in [0, 0.1) is 3.57 Å². The van der Waals surface area contributed by atoms with Crippen molar-refractivity contribution in [3.05, 3.63) is 57.2 Å². The summed E-state index contributed by atoms with van der Waals surface area (Å²) in [7, 11) is 0. The molecule has 1 aliphatic heterocycles. The van der Waals surface area contributed by atoms with Crippen LogP contribution in [0.1, 0.15) is 25.0 Å². The molecule has 2 atom stereocenters. The molecule has 182 valence electrons. The molecule has 2 aromatic rings. The van der Waals surface area contributed by atoms with Crippen molar-refractivity contribution in [2.24, 2.45) is 0 Å². The minimum Gasteiger partial charge on any atom is -0.491 e. The first-order chi connectivity index (χ1) is 15.8. The van der Waals surface area contributed by atoms with E-state index >= 15 is 0 Å². The van der Waals surface area contributed by atoms with E-state index in [2.05, 4.69) is 65.6 Å². The molecule has 2 aromatic carbocycles. The van der Waals surface area contributed by atoms with Crippen molar-refractivity contribution in [1.82, 2.24) is 4.90 Å². The standard InChI is InChI=1S/C25H33ClINO4S/c1-25(2,19-5-8-24(23(27)13-19)32-16-20(29)14-26)18-3-6-22(7-4-18)31-17-21(30)15-28-9-11-33-12-10-28/h3-8,13,20-21,29-30H,9-12,14-17H2,1-2H3/t20-,21+/m1/s1/i27-4. The third kappa shape index (κ3) is 7.90. The Morgan fingerprint density at radius 3 is 2.27 bits per heavy atom. The van der Waals surface area contributed by atoms with Crippen molar-refractivity contribution in [2.75, 3.05) is 50.2 Å². The maximum Gasteiger partial charge on any atom is 0.132 e. The molecule has 0 amide bonds. The van der Waals surface area contributed by atoms with Gasteiger partial charge in [-0.2, -0.15) is 11.8 Å². The average Bonchev–Trinajstić information content (AvgIpc) is 2.82. The number of β-amino-alcohol motifs (C(OH)–C–C–N with tert-alkyl or cyclic N) is 1. The van der Waals surface area contributed by atoms with Gasteiger partial charge in [0.15, 0.2) is 0 Å². The maximum absolute atomic E-state index is 10.3. The summed E-state index contributed by atoms with van der Waals surface area (Å²) < 4.78 is 12.5. The molecule has 0 spiro atoms. The largest absolute Gasteiger partial charge is 0.491 e. The van der Waals surface area contributed by atoms with Crippen LogP contribution in [0.3, 0.4) is 0 Å². The van der Waals surface area contributed by atoms with E-state index in [-0.39, 0.29) is 17.9 Å². The van der Waals surface area contributed by atoms with Gasteiger partial charge in [-0.1, -0.05) is 32.0 Å². The second kappa shape index (κ2) is 12.8. The zero-order valence-electron chi connectivity index (χ0n) is 19.2. The fourth-order valence-corrected chi connectivity index (χ4v) is 5.44. The van der Waals surface area contributed by atoms with Gasteiger partial charge in [0.2, 0.25) is 0 Å². The molecule has 3 rings (SSSR count). The lowest BCUT2D eigenvalue weighted by Crippen LogP contribution is -2.40. The summed E-state index contributed by atoms with van der Waals surface area (Å²) in [5.41, 5.74) is 2.13. The number of hydrogen-bond donors (Lipinski definition) is 2. The zero-order valence-corrected chi connectivity index (χ0v) is 22.9. The Labute approximate surface area is 219 Å². The van der Waals surface area contributed by atoms with Crippen LogP contribution in [-0.2, 0) is 5.41 Å². The lowest BCUT2D eigenvalue weighted by Gasteiger charge is -2.28. The van der Waals surface area contributed by atoms with E-state index in [1.54, 1.807) is 0 Å². The monoisotopic (exact) mass is 601 g/mol. The summed E-state index contributed by atoms with van der Waals surface area (Å²) >= 11 is 9.87. The smallest absolute Gasteiger partial charge is 0.132 e. The van der Waals surface area contributed by atoms with E-state index in [4.69, 9.17) is 21.1 Å². The number of aliphatic hydroxyl groups excluding tert-OH is 2. The number of halogens is 2. The van der Waals surface area contributed by atoms with Crippen LogP contribution in [0.4, 0.5) is 0 Å². The fourth-order valence-electron chi connectivity index (χ4n) is 3.70. The Kier molecular flexibility index (Phi) is 10.5. The molecular formula is C25H33ClINO4S. The van der Waals surface area contributed by atoms with Gasteiger partial charge in [-0.15, -0.1) is 11.6 Å². The summed E-state index contributed by atoms with van der Waals surface area (Å²) in [6.07, 6.45) is -1.16. The quantitative estimate of drug-likeness (QED) is 0.295. The highest BCUT2D eigenvalue weighted by atomic mass is 123. The molecule has 0 unspecified atom stereocenters. The second-order valence-electron chi connectivity index (χ2n) is 8.79. The van der Waals surface area contributed by atoms with Crippen molar-refractivity contribution >= 4 is 46.0 Å². The van der Waals surface area contributed by atoms with Crippen LogP contribution in [0.25, 0.3) is 0 Å². The SMILES string of the molecule is CC(C)(c1ccc(OC[C@@H](O)CN2CCSCC2)cc1)c1ccc(OC[C@H](O)CCl)c([123I])c1. The topological polar surface area (TPSA) is 62.2 Å². The summed E-state index contributed by atoms with van der Waals surface area (Å²) in [5, 5.41) is 19.9. The summed E-state index contributed by atoms with van der Waals surface area (Å²) in [6, 6.07) is 14.2. The number of nitrogens with zero attached hydrogens (tertiary/aromatic N) is 1. The van der Waals surface area contributed by atoms with Gasteiger partial charge in [0, 0.05) is 36.6 Å². The van der Waals surface area contributed by atoms with Crippen LogP contribution < -0.4 is 9.47 Å². The first-order valence-electron chi connectivity index (χ1n) is 11.2. The number of aliphatic hydroxyl groups is 2. The predicted octanol–water partition coefficient (Wildman–Crippen LogP) is 4.38. The molecule has 5 nitrogen and oxygen atoms in total. The van der Waals surface area contributed by atoms with Crippen molar-refractivity contribution in [1.29, 1.82) is 0 Å². The molecule has 0 aliphatic carbocycles. The van der Waals surface area contributed by atoms with Crippen molar-refractivity contribution < 1.29 is 19.7 Å². The Balaban J connectivity index is 1.57. The Morgan fingerprint density at radius 1 is 1.00 bits per heavy atom. The predicted molar refractivity (Wildman–Crippen MR) is 145 cm³/mol. The average molecular weight is 602 g/mol. The van der Waals surface area contributed by atoms with Gasteiger partial charge in [-0.05, 0) is 58.0 Å². The number of thioether (sulfide) groups is 1. The number of benzene rings is 2. The highest BCUT2D eigenvalue weighted by molar-refractivity contribution is 14.1. The van der Waals surface area contributed by atoms with Gasteiger partial charge in [0.05, 0.1) is 9.45 Å². The fraction of sp³-hybridized carbons (Fsp3) is 0.520. The molecule has 2 N–H and O–H groups in total. The van der Waals surface area contributed by atoms with Gasteiger partial charge in [-0.25, -0.2) is 0 Å². The van der Waals surface area contributed by atoms with E-state index in [1.165, 1.54) is 11.1 Å². The molecule has 0 radical (unpaired) electrons. The first-order valence-corrected chi connectivity index (χ1v) is 13.9. The second-order valence-corrected chi connectivity index (χ2v) is 11.5. The van der Waals surface area contributed by atoms with Crippen molar-refractivity contribution in [3.63, 3.8) is 0 Å². The van der Waals surface area contributed by atoms with Crippen molar-refractivity contribution in [3.8, 4) is 11.5 Å². The third-order valence-electron chi connectivity index (χ3n) is 5.85. The lowest BCUT2D eigenvalue weighted by molar-refractivity contribution is 0.0715. The molecule has 1 saturated heterocycles.